The molecule has 0 unspecified atom stereocenters. The smallest absolute Gasteiger partial charge is 0.206 e. The van der Waals surface area contributed by atoms with E-state index in [0.29, 0.717) is 23.0 Å². The monoisotopic (exact) mass is 332 g/mol. The highest BCUT2D eigenvalue weighted by Gasteiger charge is 2.27. The molecule has 0 aliphatic carbocycles. The van der Waals surface area contributed by atoms with Crippen molar-refractivity contribution in [1.29, 1.82) is 5.26 Å². The molecule has 1 N–H and O–H groups in total. The van der Waals surface area contributed by atoms with E-state index in [1.165, 1.54) is 0 Å². The Hall–Kier alpha value is -3.46. The zero-order valence-electron chi connectivity index (χ0n) is 13.9. The topological polar surface area (TPSA) is 91.7 Å². The molecule has 0 bridgehead atoms. The minimum atomic E-state index is -0.985. The zero-order valence-corrected chi connectivity index (χ0v) is 13.9. The summed E-state index contributed by atoms with van der Waals surface area (Å²) in [4.78, 5) is 24.4. The molecule has 2 heterocycles. The number of nitriles is 1. The molecule has 0 radical (unpaired) electrons. The lowest BCUT2D eigenvalue weighted by Crippen LogP contribution is -2.14. The quantitative estimate of drug-likeness (QED) is 0.724. The second-order valence-electron chi connectivity index (χ2n) is 5.47. The first-order valence-corrected chi connectivity index (χ1v) is 7.70. The maximum absolute atomic E-state index is 12.8. The number of methoxy groups -OCH3 is 1. The Labute approximate surface area is 145 Å². The van der Waals surface area contributed by atoms with Crippen molar-refractivity contribution in [3.05, 3.63) is 65.7 Å². The van der Waals surface area contributed by atoms with Crippen LogP contribution in [0.5, 0.6) is 5.75 Å². The van der Waals surface area contributed by atoms with Crippen LogP contribution in [-0.2, 0) is 0 Å². The number of imidazole rings is 1. The second-order valence-corrected chi connectivity index (χ2v) is 5.47. The molecule has 0 saturated heterocycles. The third kappa shape index (κ3) is 3.26. The Balaban J connectivity index is 1.97. The van der Waals surface area contributed by atoms with Crippen LogP contribution >= 0.6 is 0 Å². The van der Waals surface area contributed by atoms with E-state index >= 15 is 0 Å². The fraction of sp³-hybridized carbons (Fsp3) is 0.158. The Bertz CT molecular complexity index is 942. The SMILES string of the molecule is COc1cccc(-c2nc(C(=O)[C@H](C#N)c3ccccn3)c(C)[nH]2)c1. The molecule has 6 nitrogen and oxygen atoms in total. The summed E-state index contributed by atoms with van der Waals surface area (Å²) in [6, 6.07) is 14.6. The number of carbonyl (C=O) groups excluding carboxylic acids is 1. The summed E-state index contributed by atoms with van der Waals surface area (Å²) in [5.41, 5.74) is 2.07. The molecule has 3 aromatic rings. The van der Waals surface area contributed by atoms with Gasteiger partial charge in [-0.1, -0.05) is 18.2 Å². The van der Waals surface area contributed by atoms with E-state index in [2.05, 4.69) is 15.0 Å². The van der Waals surface area contributed by atoms with Gasteiger partial charge in [-0.3, -0.25) is 9.78 Å². The number of carbonyl (C=O) groups is 1. The molecule has 0 fully saturated rings. The van der Waals surface area contributed by atoms with E-state index < -0.39 is 5.92 Å². The van der Waals surface area contributed by atoms with Crippen LogP contribution in [0, 0.1) is 18.3 Å². The van der Waals surface area contributed by atoms with Crippen molar-refractivity contribution in [2.45, 2.75) is 12.8 Å². The number of hydrogen-bond donors (Lipinski definition) is 1. The third-order valence-electron chi connectivity index (χ3n) is 3.84. The molecular formula is C19H16N4O2. The summed E-state index contributed by atoms with van der Waals surface area (Å²) in [5, 5.41) is 9.43. The molecule has 0 saturated carbocycles. The van der Waals surface area contributed by atoms with Crippen molar-refractivity contribution >= 4 is 5.78 Å². The lowest BCUT2D eigenvalue weighted by atomic mass is 9.98. The van der Waals surface area contributed by atoms with E-state index in [-0.39, 0.29) is 11.5 Å². The molecule has 25 heavy (non-hydrogen) atoms. The highest BCUT2D eigenvalue weighted by Crippen LogP contribution is 2.25. The van der Waals surface area contributed by atoms with Crippen LogP contribution in [-0.4, -0.2) is 27.8 Å². The first kappa shape index (κ1) is 16.4. The van der Waals surface area contributed by atoms with Crippen LogP contribution in [0.1, 0.15) is 27.8 Å². The first-order chi connectivity index (χ1) is 12.1. The predicted molar refractivity (Wildman–Crippen MR) is 92.2 cm³/mol. The van der Waals surface area contributed by atoms with E-state index in [1.807, 2.05) is 30.3 Å². The van der Waals surface area contributed by atoms with Crippen molar-refractivity contribution in [2.24, 2.45) is 0 Å². The number of nitrogens with one attached hydrogen (secondary N) is 1. The van der Waals surface area contributed by atoms with Crippen LogP contribution in [0.25, 0.3) is 11.4 Å². The number of rotatable bonds is 5. The maximum Gasteiger partial charge on any atom is 0.206 e. The number of aromatic nitrogens is 3. The van der Waals surface area contributed by atoms with Gasteiger partial charge in [0.1, 0.15) is 17.3 Å². The lowest BCUT2D eigenvalue weighted by molar-refractivity contribution is 0.0972. The van der Waals surface area contributed by atoms with Crippen LogP contribution in [0.2, 0.25) is 0 Å². The predicted octanol–water partition coefficient (Wildman–Crippen LogP) is 3.28. The molecule has 1 atom stereocenters. The standard InChI is InChI=1S/C19H16N4O2/c1-12-17(18(24)15(11-20)16-8-3-4-9-21-16)23-19(22-12)13-6-5-7-14(10-13)25-2/h3-10,15H,1-2H3,(H,22,23)/t15-/m1/s1. The van der Waals surface area contributed by atoms with Gasteiger partial charge in [0, 0.05) is 17.5 Å². The van der Waals surface area contributed by atoms with E-state index in [4.69, 9.17) is 4.74 Å². The fourth-order valence-electron chi connectivity index (χ4n) is 2.55. The number of ketones is 1. The molecule has 6 heteroatoms. The van der Waals surface area contributed by atoms with Crippen molar-refractivity contribution in [3.63, 3.8) is 0 Å². The normalized spacial score (nSPS) is 11.6. The fourth-order valence-corrected chi connectivity index (χ4v) is 2.55. The van der Waals surface area contributed by atoms with Crippen LogP contribution in [0.15, 0.2) is 48.7 Å². The number of aromatic amines is 1. The first-order valence-electron chi connectivity index (χ1n) is 7.70. The number of H-pyrrole nitrogens is 1. The molecule has 124 valence electrons. The molecule has 0 aliphatic heterocycles. The van der Waals surface area contributed by atoms with Crippen molar-refractivity contribution in [3.8, 4) is 23.2 Å². The molecule has 0 amide bonds. The van der Waals surface area contributed by atoms with Gasteiger partial charge in [-0.2, -0.15) is 5.26 Å². The minimum Gasteiger partial charge on any atom is -0.497 e. The van der Waals surface area contributed by atoms with Gasteiger partial charge in [-0.25, -0.2) is 4.98 Å². The second kappa shape index (κ2) is 6.97. The van der Waals surface area contributed by atoms with Gasteiger partial charge in [-0.15, -0.1) is 0 Å². The van der Waals surface area contributed by atoms with Gasteiger partial charge in [0.2, 0.25) is 5.78 Å². The number of hydrogen-bond acceptors (Lipinski definition) is 5. The number of nitrogens with zero attached hydrogens (tertiary/aromatic N) is 3. The summed E-state index contributed by atoms with van der Waals surface area (Å²) >= 11 is 0. The Morgan fingerprint density at radius 3 is 2.80 bits per heavy atom. The van der Waals surface area contributed by atoms with Crippen molar-refractivity contribution < 1.29 is 9.53 Å². The van der Waals surface area contributed by atoms with Crippen molar-refractivity contribution in [1.82, 2.24) is 15.0 Å². The number of Topliss-reactive ketones (excluding diaryl/α,β-unsaturated/α-hetero) is 1. The lowest BCUT2D eigenvalue weighted by Gasteiger charge is -2.06. The number of benzene rings is 1. The Morgan fingerprint density at radius 1 is 1.28 bits per heavy atom. The average molecular weight is 332 g/mol. The van der Waals surface area contributed by atoms with Gasteiger partial charge in [0.15, 0.2) is 5.92 Å². The molecule has 3 rings (SSSR count). The van der Waals surface area contributed by atoms with E-state index in [0.717, 1.165) is 5.56 Å². The highest BCUT2D eigenvalue weighted by molar-refractivity contribution is 6.02. The zero-order chi connectivity index (χ0) is 17.8. The largest absolute Gasteiger partial charge is 0.497 e. The third-order valence-corrected chi connectivity index (χ3v) is 3.84. The maximum atomic E-state index is 12.8. The van der Waals surface area contributed by atoms with Crippen molar-refractivity contribution in [2.75, 3.05) is 7.11 Å². The summed E-state index contributed by atoms with van der Waals surface area (Å²) < 4.78 is 5.21. The highest BCUT2D eigenvalue weighted by atomic mass is 16.5. The van der Waals surface area contributed by atoms with Gasteiger partial charge >= 0.3 is 0 Å². The Kier molecular flexibility index (Phi) is 4.57. The molecule has 0 aliphatic rings. The Morgan fingerprint density at radius 2 is 2.12 bits per heavy atom. The van der Waals surface area contributed by atoms with E-state index in [9.17, 15) is 10.1 Å². The molecule has 2 aromatic heterocycles. The molecule has 1 aromatic carbocycles. The summed E-state index contributed by atoms with van der Waals surface area (Å²) in [5.74, 6) is -0.106. The van der Waals surface area contributed by atoms with Gasteiger partial charge in [-0.05, 0) is 31.2 Å². The summed E-state index contributed by atoms with van der Waals surface area (Å²) in [6.45, 7) is 1.76. The molecule has 0 spiro atoms. The number of aryl methyl sites for hydroxylation is 1. The van der Waals surface area contributed by atoms with Crippen LogP contribution in [0.3, 0.4) is 0 Å². The summed E-state index contributed by atoms with van der Waals surface area (Å²) in [6.07, 6.45) is 1.56. The summed E-state index contributed by atoms with van der Waals surface area (Å²) in [7, 11) is 1.59. The van der Waals surface area contributed by atoms with Crippen LogP contribution in [0.4, 0.5) is 0 Å². The number of ether oxygens (including phenoxy) is 1. The number of pyridine rings is 1. The van der Waals surface area contributed by atoms with Gasteiger partial charge < -0.3 is 9.72 Å². The molecular weight excluding hydrogens is 316 g/mol. The van der Waals surface area contributed by atoms with E-state index in [1.54, 1.807) is 38.4 Å². The minimum absolute atomic E-state index is 0.245. The van der Waals surface area contributed by atoms with Gasteiger partial charge in [0.05, 0.1) is 18.9 Å². The van der Waals surface area contributed by atoms with Gasteiger partial charge in [0.25, 0.3) is 0 Å². The average Bonchev–Trinajstić information content (AvgIpc) is 3.05. The van der Waals surface area contributed by atoms with Crippen LogP contribution < -0.4 is 4.74 Å².